The van der Waals surface area contributed by atoms with Crippen LogP contribution >= 0.6 is 0 Å². The first-order valence-electron chi connectivity index (χ1n) is 5.11. The summed E-state index contributed by atoms with van der Waals surface area (Å²) in [7, 11) is 1.58. The molecule has 0 bridgehead atoms. The van der Waals surface area contributed by atoms with Crippen LogP contribution in [0.15, 0.2) is 42.6 Å². The van der Waals surface area contributed by atoms with Gasteiger partial charge in [-0.2, -0.15) is 0 Å². The summed E-state index contributed by atoms with van der Waals surface area (Å²) >= 11 is 0. The standard InChI is InChI=1S/C12H10N2O4/c1-17-10-3-5-11(6-4-10)18-12-7-2-9(8-13-12)14(15)16/h2-8H,1H3. The maximum absolute atomic E-state index is 10.5. The van der Waals surface area contributed by atoms with E-state index in [9.17, 15) is 10.1 Å². The number of nitro groups is 1. The Morgan fingerprint density at radius 3 is 2.28 bits per heavy atom. The zero-order valence-corrected chi connectivity index (χ0v) is 9.57. The van der Waals surface area contributed by atoms with Crippen LogP contribution in [-0.2, 0) is 0 Å². The van der Waals surface area contributed by atoms with Crippen LogP contribution < -0.4 is 9.47 Å². The Labute approximate surface area is 103 Å². The van der Waals surface area contributed by atoms with Crippen molar-refractivity contribution in [3.63, 3.8) is 0 Å². The Bertz CT molecular complexity index is 537. The Morgan fingerprint density at radius 2 is 1.78 bits per heavy atom. The van der Waals surface area contributed by atoms with Gasteiger partial charge in [0.25, 0.3) is 5.69 Å². The highest BCUT2D eigenvalue weighted by Crippen LogP contribution is 2.23. The molecule has 6 nitrogen and oxygen atoms in total. The van der Waals surface area contributed by atoms with Crippen molar-refractivity contribution < 1.29 is 14.4 Å². The lowest BCUT2D eigenvalue weighted by atomic mass is 10.3. The molecule has 0 aliphatic heterocycles. The van der Waals surface area contributed by atoms with Gasteiger partial charge in [-0.15, -0.1) is 0 Å². The lowest BCUT2D eigenvalue weighted by molar-refractivity contribution is -0.385. The molecule has 6 heteroatoms. The maximum Gasteiger partial charge on any atom is 0.287 e. The van der Waals surface area contributed by atoms with E-state index >= 15 is 0 Å². The topological polar surface area (TPSA) is 74.5 Å². The molecule has 2 aromatic rings. The molecule has 0 amide bonds. The SMILES string of the molecule is COc1ccc(Oc2ccc([N+](=O)[O-])cn2)cc1. The van der Waals surface area contributed by atoms with E-state index in [2.05, 4.69) is 4.98 Å². The van der Waals surface area contributed by atoms with E-state index in [4.69, 9.17) is 9.47 Å². The Hall–Kier alpha value is -2.63. The van der Waals surface area contributed by atoms with E-state index in [0.29, 0.717) is 11.6 Å². The average Bonchev–Trinajstić information content (AvgIpc) is 2.40. The van der Waals surface area contributed by atoms with Crippen molar-refractivity contribution in [2.75, 3.05) is 7.11 Å². The zero-order chi connectivity index (χ0) is 13.0. The Balaban J connectivity index is 2.10. The summed E-state index contributed by atoms with van der Waals surface area (Å²) in [5, 5.41) is 10.5. The minimum Gasteiger partial charge on any atom is -0.497 e. The Morgan fingerprint density at radius 1 is 1.11 bits per heavy atom. The van der Waals surface area contributed by atoms with Gasteiger partial charge in [-0.1, -0.05) is 0 Å². The van der Waals surface area contributed by atoms with Gasteiger partial charge >= 0.3 is 0 Å². The van der Waals surface area contributed by atoms with Crippen molar-refractivity contribution in [2.24, 2.45) is 0 Å². The van der Waals surface area contributed by atoms with Crippen LogP contribution in [0, 0.1) is 10.1 Å². The first-order chi connectivity index (χ1) is 8.69. The molecule has 2 rings (SSSR count). The number of rotatable bonds is 4. The van der Waals surface area contributed by atoms with Crippen LogP contribution in [0.2, 0.25) is 0 Å². The van der Waals surface area contributed by atoms with Crippen LogP contribution in [0.25, 0.3) is 0 Å². The third-order valence-corrected chi connectivity index (χ3v) is 2.21. The molecular formula is C12H10N2O4. The number of hydrogen-bond donors (Lipinski definition) is 0. The predicted octanol–water partition coefficient (Wildman–Crippen LogP) is 2.79. The molecule has 0 N–H and O–H groups in total. The lowest BCUT2D eigenvalue weighted by Crippen LogP contribution is -1.91. The number of ether oxygens (including phenoxy) is 2. The number of hydrogen-bond acceptors (Lipinski definition) is 5. The third kappa shape index (κ3) is 2.73. The van der Waals surface area contributed by atoms with Gasteiger partial charge in [-0.3, -0.25) is 10.1 Å². The first kappa shape index (κ1) is 11.8. The largest absolute Gasteiger partial charge is 0.497 e. The van der Waals surface area contributed by atoms with Crippen molar-refractivity contribution in [3.05, 3.63) is 52.7 Å². The van der Waals surface area contributed by atoms with Crippen LogP contribution in [0.4, 0.5) is 5.69 Å². The predicted molar refractivity (Wildman–Crippen MR) is 64.0 cm³/mol. The minimum atomic E-state index is -0.510. The fraction of sp³-hybridized carbons (Fsp3) is 0.0833. The fourth-order valence-corrected chi connectivity index (χ4v) is 1.31. The van der Waals surface area contributed by atoms with Crippen LogP contribution in [0.5, 0.6) is 17.4 Å². The van der Waals surface area contributed by atoms with E-state index in [-0.39, 0.29) is 5.69 Å². The summed E-state index contributed by atoms with van der Waals surface area (Å²) in [6.07, 6.45) is 1.15. The molecule has 0 saturated carbocycles. The minimum absolute atomic E-state index is 0.0721. The highest BCUT2D eigenvalue weighted by Gasteiger charge is 2.06. The average molecular weight is 246 g/mol. The van der Waals surface area contributed by atoms with E-state index < -0.39 is 4.92 Å². The molecule has 0 aliphatic rings. The maximum atomic E-state index is 10.5. The second kappa shape index (κ2) is 5.13. The molecule has 0 atom stereocenters. The van der Waals surface area contributed by atoms with Gasteiger partial charge in [0, 0.05) is 12.1 Å². The van der Waals surface area contributed by atoms with Crippen LogP contribution in [0.1, 0.15) is 0 Å². The molecule has 0 radical (unpaired) electrons. The first-order valence-corrected chi connectivity index (χ1v) is 5.11. The second-order valence-corrected chi connectivity index (χ2v) is 3.39. The van der Waals surface area contributed by atoms with Gasteiger partial charge in [0.15, 0.2) is 0 Å². The summed E-state index contributed by atoms with van der Waals surface area (Å²) in [6, 6.07) is 9.74. The molecule has 0 saturated heterocycles. The summed E-state index contributed by atoms with van der Waals surface area (Å²) < 4.78 is 10.4. The lowest BCUT2D eigenvalue weighted by Gasteiger charge is -2.05. The van der Waals surface area contributed by atoms with Gasteiger partial charge in [0.05, 0.1) is 12.0 Å². The number of methoxy groups -OCH3 is 1. The van der Waals surface area contributed by atoms with Crippen molar-refractivity contribution in [3.8, 4) is 17.4 Å². The van der Waals surface area contributed by atoms with Crippen LogP contribution in [0.3, 0.4) is 0 Å². The van der Waals surface area contributed by atoms with Gasteiger partial charge in [0.2, 0.25) is 5.88 Å². The highest BCUT2D eigenvalue weighted by atomic mass is 16.6. The molecule has 1 aromatic heterocycles. The number of benzene rings is 1. The summed E-state index contributed by atoms with van der Waals surface area (Å²) in [5.74, 6) is 1.60. The molecule has 0 spiro atoms. The molecule has 1 aromatic carbocycles. The summed E-state index contributed by atoms with van der Waals surface area (Å²) in [4.78, 5) is 13.8. The van der Waals surface area contributed by atoms with Crippen molar-refractivity contribution >= 4 is 5.69 Å². The van der Waals surface area contributed by atoms with E-state index in [1.807, 2.05) is 0 Å². The van der Waals surface area contributed by atoms with Crippen LogP contribution in [-0.4, -0.2) is 17.0 Å². The molecular weight excluding hydrogens is 236 g/mol. The molecule has 0 fully saturated rings. The zero-order valence-electron chi connectivity index (χ0n) is 9.57. The highest BCUT2D eigenvalue weighted by molar-refractivity contribution is 5.35. The van der Waals surface area contributed by atoms with Gasteiger partial charge < -0.3 is 9.47 Å². The number of aromatic nitrogens is 1. The van der Waals surface area contributed by atoms with Gasteiger partial charge in [-0.05, 0) is 24.3 Å². The van der Waals surface area contributed by atoms with Gasteiger partial charge in [-0.25, -0.2) is 4.98 Å². The number of pyridine rings is 1. The normalized spacial score (nSPS) is 9.83. The van der Waals surface area contributed by atoms with E-state index in [1.165, 1.54) is 12.1 Å². The molecule has 92 valence electrons. The third-order valence-electron chi connectivity index (χ3n) is 2.21. The summed E-state index contributed by atoms with van der Waals surface area (Å²) in [5.41, 5.74) is -0.0721. The second-order valence-electron chi connectivity index (χ2n) is 3.39. The van der Waals surface area contributed by atoms with Crippen molar-refractivity contribution in [1.82, 2.24) is 4.98 Å². The molecule has 0 aliphatic carbocycles. The Kier molecular flexibility index (Phi) is 3.38. The summed E-state index contributed by atoms with van der Waals surface area (Å²) in [6.45, 7) is 0. The molecule has 1 heterocycles. The molecule has 0 unspecified atom stereocenters. The smallest absolute Gasteiger partial charge is 0.287 e. The monoisotopic (exact) mass is 246 g/mol. The van der Waals surface area contributed by atoms with Crippen molar-refractivity contribution in [1.29, 1.82) is 0 Å². The van der Waals surface area contributed by atoms with E-state index in [1.54, 1.807) is 31.4 Å². The molecule has 18 heavy (non-hydrogen) atoms. The quantitative estimate of drug-likeness (QED) is 0.612. The van der Waals surface area contributed by atoms with E-state index in [0.717, 1.165) is 11.9 Å². The van der Waals surface area contributed by atoms with Gasteiger partial charge in [0.1, 0.15) is 17.7 Å². The fourth-order valence-electron chi connectivity index (χ4n) is 1.31. The number of nitrogens with zero attached hydrogens (tertiary/aromatic N) is 2. The van der Waals surface area contributed by atoms with Crippen molar-refractivity contribution in [2.45, 2.75) is 0 Å².